The summed E-state index contributed by atoms with van der Waals surface area (Å²) in [7, 11) is -2.80. The maximum absolute atomic E-state index is 11.4. The van der Waals surface area contributed by atoms with Gasteiger partial charge >= 0.3 is 0 Å². The van der Waals surface area contributed by atoms with E-state index in [4.69, 9.17) is 4.42 Å². The third kappa shape index (κ3) is 4.33. The number of rotatable bonds is 5. The highest BCUT2D eigenvalue weighted by molar-refractivity contribution is 7.91. The number of nitrogens with one attached hydrogen (secondary N) is 1. The topological polar surface area (TPSA) is 62.6 Å². The van der Waals surface area contributed by atoms with E-state index in [-0.39, 0.29) is 11.5 Å². The normalized spacial score (nSPS) is 19.9. The lowest BCUT2D eigenvalue weighted by Crippen LogP contribution is -2.39. The Morgan fingerprint density at radius 3 is 2.68 bits per heavy atom. The number of hydrogen-bond acceptors (Lipinski definition) is 5. The Morgan fingerprint density at radius 2 is 2.05 bits per heavy atom. The van der Waals surface area contributed by atoms with Gasteiger partial charge < -0.3 is 9.73 Å². The summed E-state index contributed by atoms with van der Waals surface area (Å²) in [5.74, 6) is 1.48. The summed E-state index contributed by atoms with van der Waals surface area (Å²) in [5.41, 5.74) is 1.15. The molecule has 0 unspecified atom stereocenters. The fraction of sp³-hybridized carbons (Fsp3) is 0.692. The highest BCUT2D eigenvalue weighted by Gasteiger charge is 2.22. The zero-order valence-electron chi connectivity index (χ0n) is 11.6. The van der Waals surface area contributed by atoms with Crippen LogP contribution < -0.4 is 5.32 Å². The smallest absolute Gasteiger partial charge is 0.152 e. The van der Waals surface area contributed by atoms with Gasteiger partial charge in [0.05, 0.1) is 24.3 Å². The number of hydrogen-bond donors (Lipinski definition) is 1. The monoisotopic (exact) mass is 286 g/mol. The van der Waals surface area contributed by atoms with E-state index in [0.717, 1.165) is 17.9 Å². The first-order valence-corrected chi connectivity index (χ1v) is 8.50. The van der Waals surface area contributed by atoms with Crippen LogP contribution in [0, 0.1) is 0 Å². The van der Waals surface area contributed by atoms with Gasteiger partial charge in [0, 0.05) is 31.2 Å². The molecule has 1 aromatic rings. The van der Waals surface area contributed by atoms with E-state index in [1.54, 1.807) is 6.26 Å². The summed E-state index contributed by atoms with van der Waals surface area (Å²) in [5, 5.41) is 3.33. The van der Waals surface area contributed by atoms with Gasteiger partial charge in [-0.3, -0.25) is 4.90 Å². The molecule has 0 amide bonds. The maximum atomic E-state index is 11.4. The van der Waals surface area contributed by atoms with E-state index in [1.807, 2.05) is 6.07 Å². The number of furan rings is 1. The molecule has 0 spiro atoms. The van der Waals surface area contributed by atoms with Gasteiger partial charge in [-0.2, -0.15) is 0 Å². The Hall–Kier alpha value is -0.850. The highest BCUT2D eigenvalue weighted by Crippen LogP contribution is 2.15. The molecule has 0 aliphatic carbocycles. The molecule has 6 heteroatoms. The molecule has 1 aliphatic rings. The second-order valence-electron chi connectivity index (χ2n) is 5.33. The highest BCUT2D eigenvalue weighted by atomic mass is 32.2. The Labute approximate surface area is 114 Å². The maximum Gasteiger partial charge on any atom is 0.152 e. The van der Waals surface area contributed by atoms with Gasteiger partial charge in [0.15, 0.2) is 9.84 Å². The summed E-state index contributed by atoms with van der Waals surface area (Å²) in [6.45, 7) is 6.90. The van der Waals surface area contributed by atoms with E-state index < -0.39 is 9.84 Å². The zero-order chi connectivity index (χ0) is 13.9. The molecule has 2 heterocycles. The van der Waals surface area contributed by atoms with Crippen LogP contribution in [0.4, 0.5) is 0 Å². The van der Waals surface area contributed by atoms with E-state index in [2.05, 4.69) is 24.1 Å². The molecule has 1 saturated heterocycles. The van der Waals surface area contributed by atoms with Crippen molar-refractivity contribution in [3.05, 3.63) is 23.7 Å². The quantitative estimate of drug-likeness (QED) is 0.875. The van der Waals surface area contributed by atoms with Crippen LogP contribution in [-0.2, 0) is 22.9 Å². The van der Waals surface area contributed by atoms with Crippen molar-refractivity contribution in [2.75, 3.05) is 24.6 Å². The van der Waals surface area contributed by atoms with Crippen LogP contribution in [-0.4, -0.2) is 44.0 Å². The molecule has 1 N–H and O–H groups in total. The molecule has 19 heavy (non-hydrogen) atoms. The van der Waals surface area contributed by atoms with Crippen molar-refractivity contribution in [3.63, 3.8) is 0 Å². The van der Waals surface area contributed by atoms with Crippen molar-refractivity contribution in [1.82, 2.24) is 10.2 Å². The average Bonchev–Trinajstić information content (AvgIpc) is 2.77. The van der Waals surface area contributed by atoms with E-state index in [9.17, 15) is 8.42 Å². The second-order valence-corrected chi connectivity index (χ2v) is 7.64. The fourth-order valence-corrected chi connectivity index (χ4v) is 3.39. The molecule has 0 saturated carbocycles. The molecular formula is C13H22N2O3S. The van der Waals surface area contributed by atoms with Gasteiger partial charge in [-0.25, -0.2) is 8.42 Å². The van der Waals surface area contributed by atoms with Crippen molar-refractivity contribution in [3.8, 4) is 0 Å². The van der Waals surface area contributed by atoms with Crippen molar-refractivity contribution >= 4 is 9.84 Å². The first-order valence-electron chi connectivity index (χ1n) is 6.68. The Morgan fingerprint density at radius 1 is 1.37 bits per heavy atom. The molecule has 108 valence electrons. The SMILES string of the molecule is CC(C)NCc1occc1CN1CCS(=O)(=O)CC1. The predicted octanol–water partition coefficient (Wildman–Crippen LogP) is 1.01. The summed E-state index contributed by atoms with van der Waals surface area (Å²) < 4.78 is 28.3. The first-order chi connectivity index (χ1) is 8.96. The summed E-state index contributed by atoms with van der Waals surface area (Å²) in [6.07, 6.45) is 1.70. The van der Waals surface area contributed by atoms with Gasteiger partial charge in [-0.15, -0.1) is 0 Å². The Bertz CT molecular complexity index is 494. The third-order valence-corrected chi connectivity index (χ3v) is 4.95. The predicted molar refractivity (Wildman–Crippen MR) is 74.6 cm³/mol. The number of sulfone groups is 1. The molecular weight excluding hydrogens is 264 g/mol. The van der Waals surface area contributed by atoms with Crippen LogP contribution in [0.1, 0.15) is 25.2 Å². The van der Waals surface area contributed by atoms with Gasteiger partial charge in [0.25, 0.3) is 0 Å². The van der Waals surface area contributed by atoms with Gasteiger partial charge in [-0.1, -0.05) is 13.8 Å². The summed E-state index contributed by atoms with van der Waals surface area (Å²) in [4.78, 5) is 2.17. The molecule has 1 fully saturated rings. The van der Waals surface area contributed by atoms with Gasteiger partial charge in [0.2, 0.25) is 0 Å². The standard InChI is InChI=1S/C13H22N2O3S/c1-11(2)14-9-13-12(3-6-18-13)10-15-4-7-19(16,17)8-5-15/h3,6,11,14H,4-5,7-10H2,1-2H3. The van der Waals surface area contributed by atoms with Crippen molar-refractivity contribution in [1.29, 1.82) is 0 Å². The average molecular weight is 286 g/mol. The third-order valence-electron chi connectivity index (χ3n) is 3.34. The lowest BCUT2D eigenvalue weighted by molar-refractivity contribution is 0.284. The minimum atomic E-state index is -2.80. The molecule has 0 atom stereocenters. The summed E-state index contributed by atoms with van der Waals surface area (Å²) in [6, 6.07) is 2.39. The molecule has 0 aromatic carbocycles. The molecule has 1 aliphatic heterocycles. The van der Waals surface area contributed by atoms with Crippen molar-refractivity contribution in [2.24, 2.45) is 0 Å². The Balaban J connectivity index is 1.91. The Kier molecular flexibility index (Phi) is 4.65. The molecule has 0 bridgehead atoms. The largest absolute Gasteiger partial charge is 0.468 e. The molecule has 1 aromatic heterocycles. The van der Waals surface area contributed by atoms with Crippen molar-refractivity contribution < 1.29 is 12.8 Å². The fourth-order valence-electron chi connectivity index (χ4n) is 2.11. The lowest BCUT2D eigenvalue weighted by atomic mass is 10.2. The van der Waals surface area contributed by atoms with Crippen LogP contribution in [0.3, 0.4) is 0 Å². The van der Waals surface area contributed by atoms with Crippen molar-refractivity contribution in [2.45, 2.75) is 33.0 Å². The lowest BCUT2D eigenvalue weighted by Gasteiger charge is -2.26. The second kappa shape index (κ2) is 6.07. The summed E-state index contributed by atoms with van der Waals surface area (Å²) >= 11 is 0. The number of nitrogens with zero attached hydrogens (tertiary/aromatic N) is 1. The van der Waals surface area contributed by atoms with Gasteiger partial charge in [-0.05, 0) is 6.07 Å². The van der Waals surface area contributed by atoms with Crippen LogP contribution in [0.2, 0.25) is 0 Å². The minimum Gasteiger partial charge on any atom is -0.468 e. The first kappa shape index (κ1) is 14.6. The van der Waals surface area contributed by atoms with Crippen LogP contribution >= 0.6 is 0 Å². The van der Waals surface area contributed by atoms with Crippen LogP contribution in [0.25, 0.3) is 0 Å². The minimum absolute atomic E-state index is 0.268. The van der Waals surface area contributed by atoms with E-state index in [1.165, 1.54) is 0 Å². The molecule has 2 rings (SSSR count). The van der Waals surface area contributed by atoms with Crippen LogP contribution in [0.15, 0.2) is 16.7 Å². The van der Waals surface area contributed by atoms with Gasteiger partial charge in [0.1, 0.15) is 5.76 Å². The zero-order valence-corrected chi connectivity index (χ0v) is 12.4. The molecule has 5 nitrogen and oxygen atoms in total. The van der Waals surface area contributed by atoms with E-state index in [0.29, 0.717) is 25.7 Å². The molecule has 0 radical (unpaired) electrons. The van der Waals surface area contributed by atoms with Crippen LogP contribution in [0.5, 0.6) is 0 Å². The van der Waals surface area contributed by atoms with E-state index >= 15 is 0 Å².